The van der Waals surface area contributed by atoms with Crippen molar-refractivity contribution in [2.45, 2.75) is 52.6 Å². The third kappa shape index (κ3) is 3.49. The summed E-state index contributed by atoms with van der Waals surface area (Å²) in [5.74, 6) is 0.179. The van der Waals surface area contributed by atoms with Crippen LogP contribution in [0.1, 0.15) is 55.5 Å². The van der Waals surface area contributed by atoms with Gasteiger partial charge in [0, 0.05) is 5.92 Å². The Balaban J connectivity index is 2.42. The average Bonchev–Trinajstić information content (AvgIpc) is 2.85. The quantitative estimate of drug-likeness (QED) is 0.910. The van der Waals surface area contributed by atoms with Crippen molar-refractivity contribution in [1.82, 2.24) is 0 Å². The van der Waals surface area contributed by atoms with Gasteiger partial charge in [-0.3, -0.25) is 0 Å². The fourth-order valence-corrected chi connectivity index (χ4v) is 5.16. The smallest absolute Gasteiger partial charge is 0.150 e. The molecule has 1 fully saturated rings. The molecule has 0 radical (unpaired) electrons. The third-order valence-corrected chi connectivity index (χ3v) is 6.38. The highest BCUT2D eigenvalue weighted by Crippen LogP contribution is 2.36. The van der Waals surface area contributed by atoms with Crippen molar-refractivity contribution in [3.8, 4) is 0 Å². The maximum Gasteiger partial charge on any atom is 0.150 e. The van der Waals surface area contributed by atoms with Gasteiger partial charge in [-0.15, -0.1) is 0 Å². The Hall–Kier alpha value is -0.870. The van der Waals surface area contributed by atoms with Crippen molar-refractivity contribution >= 4 is 9.84 Å². The molecule has 0 aliphatic carbocycles. The Morgan fingerprint density at radius 1 is 1.14 bits per heavy atom. The van der Waals surface area contributed by atoms with Crippen molar-refractivity contribution in [2.24, 2.45) is 5.92 Å². The molecule has 1 saturated heterocycles. The summed E-state index contributed by atoms with van der Waals surface area (Å²) >= 11 is 0. The summed E-state index contributed by atoms with van der Waals surface area (Å²) in [5, 5.41) is 10.8. The summed E-state index contributed by atoms with van der Waals surface area (Å²) < 4.78 is 23.3. The zero-order chi connectivity index (χ0) is 15.6. The van der Waals surface area contributed by atoms with E-state index < -0.39 is 15.9 Å². The van der Waals surface area contributed by atoms with Crippen LogP contribution in [0.3, 0.4) is 0 Å². The van der Waals surface area contributed by atoms with Crippen LogP contribution in [0, 0.1) is 5.92 Å². The highest BCUT2D eigenvalue weighted by atomic mass is 32.2. The van der Waals surface area contributed by atoms with Gasteiger partial charge in [-0.25, -0.2) is 8.42 Å². The Morgan fingerprint density at radius 2 is 1.71 bits per heavy atom. The summed E-state index contributed by atoms with van der Waals surface area (Å²) in [4.78, 5) is 0. The van der Waals surface area contributed by atoms with Gasteiger partial charge in [-0.1, -0.05) is 32.9 Å². The van der Waals surface area contributed by atoms with Crippen molar-refractivity contribution in [3.05, 3.63) is 34.4 Å². The van der Waals surface area contributed by atoms with Crippen molar-refractivity contribution in [3.63, 3.8) is 0 Å². The zero-order valence-corrected chi connectivity index (χ0v) is 14.0. The second-order valence-electron chi connectivity index (χ2n) is 6.00. The Bertz CT molecular complexity index is 579. The van der Waals surface area contributed by atoms with Gasteiger partial charge < -0.3 is 5.11 Å². The van der Waals surface area contributed by atoms with E-state index >= 15 is 0 Å². The van der Waals surface area contributed by atoms with Crippen LogP contribution in [0.15, 0.2) is 12.1 Å². The predicted octanol–water partition coefficient (Wildman–Crippen LogP) is 2.84. The molecule has 0 spiro atoms. The van der Waals surface area contributed by atoms with Crippen LogP contribution in [0.5, 0.6) is 0 Å². The number of aryl methyl sites for hydroxylation is 3. The highest BCUT2D eigenvalue weighted by molar-refractivity contribution is 7.91. The number of sulfone groups is 1. The van der Waals surface area contributed by atoms with E-state index in [4.69, 9.17) is 0 Å². The van der Waals surface area contributed by atoms with Crippen molar-refractivity contribution < 1.29 is 13.5 Å². The molecule has 1 aliphatic heterocycles. The molecule has 4 heteroatoms. The van der Waals surface area contributed by atoms with Gasteiger partial charge in [0.2, 0.25) is 0 Å². The Morgan fingerprint density at radius 3 is 2.10 bits per heavy atom. The summed E-state index contributed by atoms with van der Waals surface area (Å²) in [5.41, 5.74) is 4.61. The van der Waals surface area contributed by atoms with Crippen LogP contribution in [0.25, 0.3) is 0 Å². The number of hydrogen-bond donors (Lipinski definition) is 1. The van der Waals surface area contributed by atoms with Gasteiger partial charge in [-0.05, 0) is 47.9 Å². The first-order chi connectivity index (χ1) is 9.91. The standard InChI is InChI=1S/C17H26O3S/c1-4-12-9-13(5-2)16(14(6-3)10-12)17(18)15-7-8-21(19,20)11-15/h9-10,15,17-18H,4-8,11H2,1-3H3. The molecular formula is C17H26O3S. The predicted molar refractivity (Wildman–Crippen MR) is 86.3 cm³/mol. The van der Waals surface area contributed by atoms with E-state index in [9.17, 15) is 13.5 Å². The molecule has 118 valence electrons. The monoisotopic (exact) mass is 310 g/mol. The summed E-state index contributed by atoms with van der Waals surface area (Å²) in [6.45, 7) is 6.32. The van der Waals surface area contributed by atoms with E-state index in [2.05, 4.69) is 32.9 Å². The first kappa shape index (κ1) is 16.5. The normalized spacial score (nSPS) is 22.4. The molecule has 0 saturated carbocycles. The highest BCUT2D eigenvalue weighted by Gasteiger charge is 2.35. The van der Waals surface area contributed by atoms with E-state index in [1.165, 1.54) is 16.7 Å². The molecule has 1 aliphatic rings. The molecular weight excluding hydrogens is 284 g/mol. The second kappa shape index (κ2) is 6.49. The number of aliphatic hydroxyl groups is 1. The minimum Gasteiger partial charge on any atom is -0.388 e. The average molecular weight is 310 g/mol. The maximum atomic E-state index is 11.7. The lowest BCUT2D eigenvalue weighted by Gasteiger charge is -2.24. The lowest BCUT2D eigenvalue weighted by molar-refractivity contribution is 0.119. The largest absolute Gasteiger partial charge is 0.388 e. The van der Waals surface area contributed by atoms with Crippen LogP contribution in [-0.2, 0) is 29.1 Å². The minimum atomic E-state index is -2.96. The van der Waals surface area contributed by atoms with Crippen LogP contribution in [-0.4, -0.2) is 25.0 Å². The molecule has 3 nitrogen and oxygen atoms in total. The van der Waals surface area contributed by atoms with Crippen LogP contribution >= 0.6 is 0 Å². The van der Waals surface area contributed by atoms with Gasteiger partial charge in [0.15, 0.2) is 9.84 Å². The molecule has 0 aromatic heterocycles. The molecule has 21 heavy (non-hydrogen) atoms. The van der Waals surface area contributed by atoms with E-state index in [1.807, 2.05) is 0 Å². The molecule has 2 unspecified atom stereocenters. The molecule has 1 N–H and O–H groups in total. The number of hydrogen-bond acceptors (Lipinski definition) is 3. The summed E-state index contributed by atoms with van der Waals surface area (Å²) in [6.07, 6.45) is 2.64. The first-order valence-electron chi connectivity index (χ1n) is 7.94. The second-order valence-corrected chi connectivity index (χ2v) is 8.23. The van der Waals surface area contributed by atoms with Gasteiger partial charge in [0.05, 0.1) is 17.6 Å². The Kier molecular flexibility index (Phi) is 5.10. The number of benzene rings is 1. The maximum absolute atomic E-state index is 11.7. The van der Waals surface area contributed by atoms with Gasteiger partial charge >= 0.3 is 0 Å². The van der Waals surface area contributed by atoms with Gasteiger partial charge in [0.25, 0.3) is 0 Å². The van der Waals surface area contributed by atoms with Gasteiger partial charge in [0.1, 0.15) is 0 Å². The van der Waals surface area contributed by atoms with Crippen LogP contribution in [0.4, 0.5) is 0 Å². The van der Waals surface area contributed by atoms with E-state index in [0.717, 1.165) is 24.8 Å². The molecule has 2 atom stereocenters. The van der Waals surface area contributed by atoms with Crippen molar-refractivity contribution in [1.29, 1.82) is 0 Å². The van der Waals surface area contributed by atoms with E-state index in [1.54, 1.807) is 0 Å². The lowest BCUT2D eigenvalue weighted by Crippen LogP contribution is -2.18. The SMILES string of the molecule is CCc1cc(CC)c(C(O)C2CCS(=O)(=O)C2)c(CC)c1. The topological polar surface area (TPSA) is 54.4 Å². The zero-order valence-electron chi connectivity index (χ0n) is 13.2. The molecule has 2 rings (SSSR count). The molecule has 0 amide bonds. The minimum absolute atomic E-state index is 0.121. The fraction of sp³-hybridized carbons (Fsp3) is 0.647. The molecule has 1 aromatic rings. The van der Waals surface area contributed by atoms with E-state index in [0.29, 0.717) is 6.42 Å². The molecule has 0 bridgehead atoms. The summed E-state index contributed by atoms with van der Waals surface area (Å²) in [7, 11) is -2.96. The third-order valence-electron chi connectivity index (χ3n) is 4.59. The lowest BCUT2D eigenvalue weighted by atomic mass is 9.85. The summed E-state index contributed by atoms with van der Waals surface area (Å²) in [6, 6.07) is 4.34. The van der Waals surface area contributed by atoms with Crippen molar-refractivity contribution in [2.75, 3.05) is 11.5 Å². The number of aliphatic hydroxyl groups excluding tert-OH is 1. The molecule has 1 heterocycles. The number of rotatable bonds is 5. The Labute approximate surface area is 128 Å². The fourth-order valence-electron chi connectivity index (χ4n) is 3.33. The first-order valence-corrected chi connectivity index (χ1v) is 9.77. The van der Waals surface area contributed by atoms with E-state index in [-0.39, 0.29) is 17.4 Å². The van der Waals surface area contributed by atoms with Crippen LogP contribution in [0.2, 0.25) is 0 Å². The molecule has 1 aromatic carbocycles. The van der Waals surface area contributed by atoms with Crippen LogP contribution < -0.4 is 0 Å². The van der Waals surface area contributed by atoms with Gasteiger partial charge in [-0.2, -0.15) is 0 Å².